The molecule has 0 spiro atoms. The molecule has 1 saturated carbocycles. The van der Waals surface area contributed by atoms with Crippen molar-refractivity contribution in [3.05, 3.63) is 34.9 Å². The lowest BCUT2D eigenvalue weighted by atomic mass is 9.97. The van der Waals surface area contributed by atoms with Gasteiger partial charge in [0.25, 0.3) is 0 Å². The summed E-state index contributed by atoms with van der Waals surface area (Å²) in [6.07, 6.45) is 7.71. The second-order valence-electron chi connectivity index (χ2n) is 6.52. The van der Waals surface area contributed by atoms with Gasteiger partial charge >= 0.3 is 0 Å². The first kappa shape index (κ1) is 13.2. The monoisotopic (exact) mass is 242 g/mol. The zero-order chi connectivity index (χ0) is 13.4. The van der Waals surface area contributed by atoms with E-state index in [0.717, 1.165) is 25.0 Å². The third kappa shape index (κ3) is 2.76. The van der Waals surface area contributed by atoms with E-state index in [0.29, 0.717) is 0 Å². The van der Waals surface area contributed by atoms with Crippen molar-refractivity contribution in [2.75, 3.05) is 6.61 Å². The molecule has 0 saturated heterocycles. The van der Waals surface area contributed by atoms with Crippen molar-refractivity contribution in [1.82, 2.24) is 0 Å². The lowest BCUT2D eigenvalue weighted by molar-refractivity contribution is -0.0117. The molecule has 0 amide bonds. The fraction of sp³-hybridized carbons (Fsp3) is 0.529. The minimum Gasteiger partial charge on any atom is -0.370 e. The maximum atomic E-state index is 6.17. The molecule has 1 nitrogen and oxygen atoms in total. The number of rotatable bonds is 3. The highest BCUT2D eigenvalue weighted by molar-refractivity contribution is 5.44. The van der Waals surface area contributed by atoms with Crippen LogP contribution in [0, 0.1) is 24.7 Å². The van der Waals surface area contributed by atoms with Gasteiger partial charge in [0.05, 0.1) is 12.2 Å². The predicted octanol–water partition coefficient (Wildman–Crippen LogP) is 4.03. The topological polar surface area (TPSA) is 9.23 Å². The summed E-state index contributed by atoms with van der Waals surface area (Å²) < 4.78 is 6.17. The van der Waals surface area contributed by atoms with Crippen LogP contribution in [0.15, 0.2) is 18.2 Å². The second kappa shape index (κ2) is 4.44. The summed E-state index contributed by atoms with van der Waals surface area (Å²) in [6.45, 7) is 9.47. The van der Waals surface area contributed by atoms with Crippen LogP contribution in [0.5, 0.6) is 0 Å². The van der Waals surface area contributed by atoms with Gasteiger partial charge in [0.1, 0.15) is 0 Å². The molecule has 1 aromatic rings. The lowest BCUT2D eigenvalue weighted by Crippen LogP contribution is -2.21. The Morgan fingerprint density at radius 1 is 1.33 bits per heavy atom. The van der Waals surface area contributed by atoms with Crippen LogP contribution in [-0.4, -0.2) is 6.61 Å². The summed E-state index contributed by atoms with van der Waals surface area (Å²) in [5.41, 5.74) is 3.60. The van der Waals surface area contributed by atoms with Crippen molar-refractivity contribution in [3.63, 3.8) is 0 Å². The van der Waals surface area contributed by atoms with E-state index in [-0.39, 0.29) is 11.0 Å². The molecule has 0 radical (unpaired) electrons. The average Bonchev–Trinajstić information content (AvgIpc) is 3.06. The number of terminal acetylenes is 1. The lowest BCUT2D eigenvalue weighted by Gasteiger charge is -2.24. The summed E-state index contributed by atoms with van der Waals surface area (Å²) in [6, 6.07) is 6.34. The molecular weight excluding hydrogens is 220 g/mol. The van der Waals surface area contributed by atoms with Crippen molar-refractivity contribution in [3.8, 4) is 12.3 Å². The molecule has 0 aliphatic heterocycles. The molecular formula is C17H22O. The van der Waals surface area contributed by atoms with Gasteiger partial charge in [0.2, 0.25) is 0 Å². The highest BCUT2D eigenvalue weighted by atomic mass is 16.5. The van der Waals surface area contributed by atoms with Gasteiger partial charge in [-0.25, -0.2) is 0 Å². The van der Waals surface area contributed by atoms with Gasteiger partial charge in [0, 0.05) is 5.56 Å². The highest BCUT2D eigenvalue weighted by Gasteiger charge is 2.46. The summed E-state index contributed by atoms with van der Waals surface area (Å²) in [5, 5.41) is 0. The maximum absolute atomic E-state index is 6.17. The third-order valence-corrected chi connectivity index (χ3v) is 3.39. The molecule has 1 fully saturated rings. The average molecular weight is 242 g/mol. The molecule has 2 rings (SSSR count). The van der Waals surface area contributed by atoms with Crippen LogP contribution in [0.3, 0.4) is 0 Å². The van der Waals surface area contributed by atoms with Crippen molar-refractivity contribution in [2.24, 2.45) is 5.41 Å². The van der Waals surface area contributed by atoms with E-state index in [1.165, 1.54) is 11.1 Å². The van der Waals surface area contributed by atoms with Crippen LogP contribution < -0.4 is 0 Å². The summed E-state index contributed by atoms with van der Waals surface area (Å²) in [7, 11) is 0. The van der Waals surface area contributed by atoms with Gasteiger partial charge in [-0.1, -0.05) is 38.8 Å². The molecule has 0 heterocycles. The van der Waals surface area contributed by atoms with Gasteiger partial charge in [-0.05, 0) is 42.4 Å². The molecule has 1 heteroatoms. The van der Waals surface area contributed by atoms with Crippen LogP contribution in [0.2, 0.25) is 0 Å². The quantitative estimate of drug-likeness (QED) is 0.727. The summed E-state index contributed by atoms with van der Waals surface area (Å²) in [5.74, 6) is 2.71. The standard InChI is InChI=1S/C17H22O/c1-6-14-7-8-15(11-13(14)2)17(9-10-17)18-12-16(3,4)5/h1,7-8,11H,9-10,12H2,2-5H3. The number of benzene rings is 1. The second-order valence-corrected chi connectivity index (χ2v) is 6.52. The van der Waals surface area contributed by atoms with Gasteiger partial charge in [-0.2, -0.15) is 0 Å². The Hall–Kier alpha value is -1.26. The molecule has 0 aromatic heterocycles. The Labute approximate surface area is 111 Å². The largest absolute Gasteiger partial charge is 0.370 e. The van der Waals surface area contributed by atoms with Gasteiger partial charge < -0.3 is 4.74 Å². The van der Waals surface area contributed by atoms with Crippen molar-refractivity contribution >= 4 is 0 Å². The van der Waals surface area contributed by atoms with Crippen LogP contribution in [-0.2, 0) is 10.3 Å². The van der Waals surface area contributed by atoms with Crippen molar-refractivity contribution in [1.29, 1.82) is 0 Å². The van der Waals surface area contributed by atoms with E-state index in [9.17, 15) is 0 Å². The van der Waals surface area contributed by atoms with E-state index in [4.69, 9.17) is 11.2 Å². The molecule has 0 atom stereocenters. The zero-order valence-electron chi connectivity index (χ0n) is 11.8. The van der Waals surface area contributed by atoms with E-state index in [1.807, 2.05) is 6.07 Å². The van der Waals surface area contributed by atoms with E-state index >= 15 is 0 Å². The minimum absolute atomic E-state index is 0.0365. The first-order valence-electron chi connectivity index (χ1n) is 6.58. The number of aryl methyl sites for hydroxylation is 1. The Kier molecular flexibility index (Phi) is 3.25. The minimum atomic E-state index is -0.0365. The fourth-order valence-corrected chi connectivity index (χ4v) is 2.09. The molecule has 1 aliphatic carbocycles. The first-order valence-corrected chi connectivity index (χ1v) is 6.58. The van der Waals surface area contributed by atoms with E-state index < -0.39 is 0 Å². The Bertz CT molecular complexity index is 481. The maximum Gasteiger partial charge on any atom is 0.0934 e. The fourth-order valence-electron chi connectivity index (χ4n) is 2.09. The molecule has 1 aromatic carbocycles. The van der Waals surface area contributed by atoms with Gasteiger partial charge in [-0.15, -0.1) is 6.42 Å². The summed E-state index contributed by atoms with van der Waals surface area (Å²) in [4.78, 5) is 0. The number of hydrogen-bond donors (Lipinski definition) is 0. The van der Waals surface area contributed by atoms with Gasteiger partial charge in [0.15, 0.2) is 0 Å². The van der Waals surface area contributed by atoms with Crippen molar-refractivity contribution in [2.45, 2.75) is 46.1 Å². The van der Waals surface area contributed by atoms with E-state index in [1.54, 1.807) is 0 Å². The normalized spacial score (nSPS) is 17.3. The Morgan fingerprint density at radius 3 is 2.44 bits per heavy atom. The molecule has 96 valence electrons. The molecule has 0 unspecified atom stereocenters. The van der Waals surface area contributed by atoms with Crippen LogP contribution in [0.4, 0.5) is 0 Å². The summed E-state index contributed by atoms with van der Waals surface area (Å²) >= 11 is 0. The zero-order valence-corrected chi connectivity index (χ0v) is 11.8. The Balaban J connectivity index is 2.16. The van der Waals surface area contributed by atoms with Crippen LogP contribution >= 0.6 is 0 Å². The van der Waals surface area contributed by atoms with E-state index in [2.05, 4.69) is 45.7 Å². The SMILES string of the molecule is C#Cc1ccc(C2(OCC(C)(C)C)CC2)cc1C. The van der Waals surface area contributed by atoms with Crippen LogP contribution in [0.25, 0.3) is 0 Å². The Morgan fingerprint density at radius 2 is 2.00 bits per heavy atom. The van der Waals surface area contributed by atoms with Crippen LogP contribution in [0.1, 0.15) is 50.3 Å². The van der Waals surface area contributed by atoms with Gasteiger partial charge in [-0.3, -0.25) is 0 Å². The first-order chi connectivity index (χ1) is 8.36. The molecule has 1 aliphatic rings. The smallest absolute Gasteiger partial charge is 0.0934 e. The molecule has 18 heavy (non-hydrogen) atoms. The highest BCUT2D eigenvalue weighted by Crippen LogP contribution is 2.50. The molecule has 0 N–H and O–H groups in total. The number of ether oxygens (including phenoxy) is 1. The third-order valence-electron chi connectivity index (χ3n) is 3.39. The number of hydrogen-bond acceptors (Lipinski definition) is 1. The molecule has 0 bridgehead atoms. The van der Waals surface area contributed by atoms with Crippen molar-refractivity contribution < 1.29 is 4.74 Å². The predicted molar refractivity (Wildman–Crippen MR) is 75.4 cm³/mol.